The van der Waals surface area contributed by atoms with Gasteiger partial charge in [-0.05, 0) is 18.4 Å². The smallest absolute Gasteiger partial charge is 0.410 e. The molecule has 1 amide bonds. The minimum Gasteiger partial charge on any atom is -0.445 e. The summed E-state index contributed by atoms with van der Waals surface area (Å²) in [4.78, 5) is 13.9. The second-order valence-electron chi connectivity index (χ2n) is 7.30. The van der Waals surface area contributed by atoms with E-state index < -0.39 is 14.2 Å². The number of hydrogen-bond donors (Lipinski definition) is 1. The average molecular weight is 346 g/mol. The summed E-state index contributed by atoms with van der Waals surface area (Å²) < 4.78 is 5.38. The molecule has 2 atom stereocenters. The van der Waals surface area contributed by atoms with E-state index >= 15 is 0 Å². The van der Waals surface area contributed by atoms with Crippen molar-refractivity contribution in [2.45, 2.75) is 45.2 Å². The van der Waals surface area contributed by atoms with Crippen LogP contribution in [-0.4, -0.2) is 43.4 Å². The number of amides is 1. The highest BCUT2D eigenvalue weighted by atomic mass is 28.3. The van der Waals surface area contributed by atoms with Crippen molar-refractivity contribution in [2.24, 2.45) is 5.92 Å². The summed E-state index contributed by atoms with van der Waals surface area (Å²) in [6, 6.07) is 9.65. The van der Waals surface area contributed by atoms with Gasteiger partial charge in [-0.25, -0.2) is 4.79 Å². The van der Waals surface area contributed by atoms with Crippen molar-refractivity contribution in [2.75, 3.05) is 13.1 Å². The second-order valence-corrected chi connectivity index (χ2v) is 12.0. The van der Waals surface area contributed by atoms with Gasteiger partial charge in [-0.1, -0.05) is 50.0 Å². The van der Waals surface area contributed by atoms with Gasteiger partial charge in [-0.3, -0.25) is 0 Å². The third-order valence-electron chi connectivity index (χ3n) is 3.97. The lowest BCUT2D eigenvalue weighted by atomic mass is 9.99. The van der Waals surface area contributed by atoms with Gasteiger partial charge in [0.25, 0.3) is 0 Å². The molecule has 0 saturated carbocycles. The van der Waals surface area contributed by atoms with Crippen molar-refractivity contribution in [3.05, 3.63) is 35.9 Å². The van der Waals surface area contributed by atoms with E-state index in [2.05, 4.69) is 31.1 Å². The molecular formula is C19H27NO3Si. The summed E-state index contributed by atoms with van der Waals surface area (Å²) in [6.07, 6.45) is 0.454. The van der Waals surface area contributed by atoms with Gasteiger partial charge in [0.2, 0.25) is 0 Å². The molecule has 0 unspecified atom stereocenters. The van der Waals surface area contributed by atoms with Gasteiger partial charge in [0.05, 0.1) is 6.10 Å². The third-order valence-corrected chi connectivity index (χ3v) is 4.86. The predicted molar refractivity (Wildman–Crippen MR) is 98.1 cm³/mol. The van der Waals surface area contributed by atoms with Crippen molar-refractivity contribution < 1.29 is 14.6 Å². The minimum atomic E-state index is -1.45. The van der Waals surface area contributed by atoms with Gasteiger partial charge < -0.3 is 14.7 Å². The molecule has 0 bridgehead atoms. The number of aliphatic hydroxyl groups is 1. The summed E-state index contributed by atoms with van der Waals surface area (Å²) in [5.41, 5.74) is 4.31. The molecule has 5 heteroatoms. The van der Waals surface area contributed by atoms with Crippen molar-refractivity contribution in [1.82, 2.24) is 4.90 Å². The molecule has 1 fully saturated rings. The summed E-state index contributed by atoms with van der Waals surface area (Å²) in [7, 11) is -1.45. The largest absolute Gasteiger partial charge is 0.445 e. The number of benzene rings is 1. The van der Waals surface area contributed by atoms with Gasteiger partial charge in [0.1, 0.15) is 14.7 Å². The molecule has 1 heterocycles. The molecule has 0 aliphatic carbocycles. The average Bonchev–Trinajstić information content (AvgIpc) is 2.73. The van der Waals surface area contributed by atoms with Crippen LogP contribution in [0.25, 0.3) is 0 Å². The molecule has 24 heavy (non-hydrogen) atoms. The first-order valence-electron chi connectivity index (χ1n) is 8.51. The first-order valence-corrected chi connectivity index (χ1v) is 12.0. The van der Waals surface area contributed by atoms with E-state index in [-0.39, 0.29) is 18.6 Å². The van der Waals surface area contributed by atoms with Crippen LogP contribution in [-0.2, 0) is 11.3 Å². The van der Waals surface area contributed by atoms with Crippen LogP contribution in [0.1, 0.15) is 18.4 Å². The third kappa shape index (κ3) is 6.03. The fraction of sp³-hybridized carbons (Fsp3) is 0.526. The first-order chi connectivity index (χ1) is 11.3. The van der Waals surface area contributed by atoms with Crippen LogP contribution in [0.5, 0.6) is 0 Å². The van der Waals surface area contributed by atoms with Gasteiger partial charge in [-0.2, -0.15) is 0 Å². The standard InChI is InChI=1S/C19H27NO3Si/c1-24(2,3)14-11-17-9-12-20(13-10-18(17)21)19(22)23-15-16-7-5-4-6-8-16/h4-8,17-18,21H,9-10,12-13,15H2,1-3H3/t17-,18+/m0/s1. The van der Waals surface area contributed by atoms with Crippen LogP contribution in [0.4, 0.5) is 4.79 Å². The lowest BCUT2D eigenvalue weighted by Gasteiger charge is -2.19. The molecule has 130 valence electrons. The van der Waals surface area contributed by atoms with E-state index in [1.165, 1.54) is 0 Å². The molecule has 2 rings (SSSR count). The molecule has 0 radical (unpaired) electrons. The molecule has 1 aliphatic heterocycles. The Hall–Kier alpha value is -1.77. The number of ether oxygens (including phenoxy) is 1. The van der Waals surface area contributed by atoms with E-state index in [1.807, 2.05) is 30.3 Å². The number of hydrogen-bond acceptors (Lipinski definition) is 3. The molecule has 0 aromatic heterocycles. The Morgan fingerprint density at radius 2 is 1.92 bits per heavy atom. The maximum absolute atomic E-state index is 12.2. The SMILES string of the molecule is C[Si](C)(C)C#C[C@@H]1CCN(C(=O)OCc2ccccc2)CC[C@H]1O. The topological polar surface area (TPSA) is 49.8 Å². The molecule has 4 nitrogen and oxygen atoms in total. The molecule has 1 saturated heterocycles. The zero-order valence-corrected chi connectivity index (χ0v) is 15.8. The van der Waals surface area contributed by atoms with Crippen molar-refractivity contribution in [1.29, 1.82) is 0 Å². The Balaban J connectivity index is 1.89. The Kier molecular flexibility index (Phi) is 6.47. The number of likely N-dealkylation sites (tertiary alicyclic amines) is 1. The highest BCUT2D eigenvalue weighted by molar-refractivity contribution is 6.83. The Morgan fingerprint density at radius 3 is 2.58 bits per heavy atom. The summed E-state index contributed by atoms with van der Waals surface area (Å²) in [5, 5.41) is 10.3. The highest BCUT2D eigenvalue weighted by Gasteiger charge is 2.26. The van der Waals surface area contributed by atoms with Crippen LogP contribution in [0.3, 0.4) is 0 Å². The summed E-state index contributed by atoms with van der Waals surface area (Å²) >= 11 is 0. The van der Waals surface area contributed by atoms with E-state index in [0.29, 0.717) is 25.9 Å². The maximum Gasteiger partial charge on any atom is 0.410 e. The molecule has 1 aromatic carbocycles. The zero-order valence-electron chi connectivity index (χ0n) is 14.8. The quantitative estimate of drug-likeness (QED) is 0.661. The van der Waals surface area contributed by atoms with E-state index in [9.17, 15) is 9.90 Å². The Morgan fingerprint density at radius 1 is 1.25 bits per heavy atom. The van der Waals surface area contributed by atoms with Crippen molar-refractivity contribution >= 4 is 14.2 Å². The number of aliphatic hydroxyl groups excluding tert-OH is 1. The lowest BCUT2D eigenvalue weighted by molar-refractivity contribution is 0.0944. The minimum absolute atomic E-state index is 0.0522. The van der Waals surface area contributed by atoms with Gasteiger partial charge in [-0.15, -0.1) is 11.5 Å². The van der Waals surface area contributed by atoms with Crippen LogP contribution in [0.15, 0.2) is 30.3 Å². The van der Waals surface area contributed by atoms with Gasteiger partial charge in [0.15, 0.2) is 0 Å². The van der Waals surface area contributed by atoms with Crippen LogP contribution >= 0.6 is 0 Å². The second kappa shape index (κ2) is 8.36. The lowest BCUT2D eigenvalue weighted by Crippen LogP contribution is -2.32. The predicted octanol–water partition coefficient (Wildman–Crippen LogP) is 3.28. The van der Waals surface area contributed by atoms with Gasteiger partial charge >= 0.3 is 6.09 Å². The van der Waals surface area contributed by atoms with E-state index in [4.69, 9.17) is 4.74 Å². The monoisotopic (exact) mass is 345 g/mol. The van der Waals surface area contributed by atoms with Crippen molar-refractivity contribution in [3.63, 3.8) is 0 Å². The van der Waals surface area contributed by atoms with Crippen LogP contribution < -0.4 is 0 Å². The van der Waals surface area contributed by atoms with Gasteiger partial charge in [0, 0.05) is 19.0 Å². The number of nitrogens with zero attached hydrogens (tertiary/aromatic N) is 1. The Bertz CT molecular complexity index is 601. The number of carbonyl (C=O) groups is 1. The highest BCUT2D eigenvalue weighted by Crippen LogP contribution is 2.19. The van der Waals surface area contributed by atoms with E-state index in [1.54, 1.807) is 4.90 Å². The van der Waals surface area contributed by atoms with Crippen molar-refractivity contribution in [3.8, 4) is 11.5 Å². The molecular weight excluding hydrogens is 318 g/mol. The molecule has 0 spiro atoms. The molecule has 1 aromatic rings. The number of rotatable bonds is 2. The summed E-state index contributed by atoms with van der Waals surface area (Å²) in [6.45, 7) is 7.94. The Labute approximate surface area is 145 Å². The summed E-state index contributed by atoms with van der Waals surface area (Å²) in [5.74, 6) is 3.20. The fourth-order valence-corrected chi connectivity index (χ4v) is 3.18. The first kappa shape index (κ1) is 18.6. The normalized spacial score (nSPS) is 21.4. The van der Waals surface area contributed by atoms with Crippen LogP contribution in [0.2, 0.25) is 19.6 Å². The van der Waals surface area contributed by atoms with E-state index in [0.717, 1.165) is 5.56 Å². The zero-order chi connectivity index (χ0) is 17.6. The number of carbonyl (C=O) groups excluding carboxylic acids is 1. The molecule has 1 N–H and O–H groups in total. The van der Waals surface area contributed by atoms with Crippen LogP contribution in [0, 0.1) is 17.4 Å². The molecule has 1 aliphatic rings. The maximum atomic E-state index is 12.2. The fourth-order valence-electron chi connectivity index (χ4n) is 2.56.